The molecule has 0 saturated carbocycles. The van der Waals surface area contributed by atoms with E-state index in [0.29, 0.717) is 11.7 Å². The fraction of sp³-hybridized carbons (Fsp3) is 0.235. The van der Waals surface area contributed by atoms with Gasteiger partial charge in [-0.25, -0.2) is 0 Å². The zero-order chi connectivity index (χ0) is 16.1. The highest BCUT2D eigenvalue weighted by Gasteiger charge is 2.06. The predicted molar refractivity (Wildman–Crippen MR) is 99.7 cm³/mol. The molecule has 0 aromatic heterocycles. The minimum Gasteiger partial charge on any atom is -0.497 e. The van der Waals surface area contributed by atoms with Gasteiger partial charge in [-0.15, -0.1) is 0 Å². The number of nitrogens with one attached hydrogen (secondary N) is 2. The van der Waals surface area contributed by atoms with Gasteiger partial charge >= 0.3 is 0 Å². The monoisotopic (exact) mass is 378 g/mol. The fourth-order valence-corrected chi connectivity index (χ4v) is 3.05. The summed E-state index contributed by atoms with van der Waals surface area (Å²) in [4.78, 5) is 0. The molecule has 3 nitrogen and oxygen atoms in total. The molecule has 0 spiro atoms. The van der Waals surface area contributed by atoms with Gasteiger partial charge in [-0.05, 0) is 67.0 Å². The number of hydrogen-bond acceptors (Lipinski definition) is 2. The molecule has 0 heterocycles. The molecule has 0 radical (unpaired) electrons. The first kappa shape index (κ1) is 16.8. The summed E-state index contributed by atoms with van der Waals surface area (Å²) in [5.41, 5.74) is 4.51. The number of benzene rings is 2. The molecule has 116 valence electrons. The quantitative estimate of drug-likeness (QED) is 0.763. The van der Waals surface area contributed by atoms with E-state index in [2.05, 4.69) is 52.5 Å². The number of aryl methyl sites for hydroxylation is 2. The first-order chi connectivity index (χ1) is 10.5. The molecule has 2 rings (SSSR count). The molecule has 2 N–H and O–H groups in total. The van der Waals surface area contributed by atoms with Gasteiger partial charge in [0.2, 0.25) is 0 Å². The molecule has 22 heavy (non-hydrogen) atoms. The summed E-state index contributed by atoms with van der Waals surface area (Å²) in [6.45, 7) is 4.79. The normalized spacial score (nSPS) is 10.2. The number of thiocarbonyl (C=S) groups is 1. The largest absolute Gasteiger partial charge is 0.497 e. The van der Waals surface area contributed by atoms with Gasteiger partial charge in [0.05, 0.1) is 7.11 Å². The number of methoxy groups -OCH3 is 1. The predicted octanol–water partition coefficient (Wildman–Crippen LogP) is 4.56. The molecule has 2 aromatic carbocycles. The molecule has 0 aliphatic carbocycles. The highest BCUT2D eigenvalue weighted by atomic mass is 79.9. The van der Waals surface area contributed by atoms with Gasteiger partial charge in [0.15, 0.2) is 5.11 Å². The van der Waals surface area contributed by atoms with E-state index >= 15 is 0 Å². The Morgan fingerprint density at radius 3 is 2.27 bits per heavy atom. The number of halogens is 1. The Morgan fingerprint density at radius 1 is 1.14 bits per heavy atom. The van der Waals surface area contributed by atoms with Crippen molar-refractivity contribution < 1.29 is 4.74 Å². The lowest BCUT2D eigenvalue weighted by Gasteiger charge is -2.15. The molecule has 0 amide bonds. The number of anilines is 1. The Bertz CT molecular complexity index is 648. The number of rotatable bonds is 4. The van der Waals surface area contributed by atoms with Crippen molar-refractivity contribution in [1.82, 2.24) is 5.32 Å². The summed E-state index contributed by atoms with van der Waals surface area (Å²) in [6, 6.07) is 12.1. The Hall–Kier alpha value is -1.59. The second-order valence-electron chi connectivity index (χ2n) is 5.07. The highest BCUT2D eigenvalue weighted by molar-refractivity contribution is 9.10. The van der Waals surface area contributed by atoms with Crippen LogP contribution < -0.4 is 15.4 Å². The Balaban J connectivity index is 1.95. The summed E-state index contributed by atoms with van der Waals surface area (Å²) >= 11 is 8.88. The maximum Gasteiger partial charge on any atom is 0.171 e. The van der Waals surface area contributed by atoms with Crippen LogP contribution in [-0.2, 0) is 6.54 Å². The van der Waals surface area contributed by atoms with Crippen LogP contribution in [0.25, 0.3) is 0 Å². The van der Waals surface area contributed by atoms with Gasteiger partial charge in [-0.3, -0.25) is 0 Å². The van der Waals surface area contributed by atoms with E-state index in [0.717, 1.165) is 32.6 Å². The van der Waals surface area contributed by atoms with Crippen LogP contribution in [0.2, 0.25) is 0 Å². The molecule has 0 fully saturated rings. The first-order valence-electron chi connectivity index (χ1n) is 6.94. The van der Waals surface area contributed by atoms with Crippen LogP contribution in [0.3, 0.4) is 0 Å². The van der Waals surface area contributed by atoms with Crippen LogP contribution in [0.1, 0.15) is 16.7 Å². The van der Waals surface area contributed by atoms with Gasteiger partial charge in [-0.1, -0.05) is 28.1 Å². The summed E-state index contributed by atoms with van der Waals surface area (Å²) in [6.07, 6.45) is 0. The van der Waals surface area contributed by atoms with Gasteiger partial charge in [0, 0.05) is 16.7 Å². The van der Waals surface area contributed by atoms with Gasteiger partial charge in [0.1, 0.15) is 5.75 Å². The second kappa shape index (κ2) is 7.61. The summed E-state index contributed by atoms with van der Waals surface area (Å²) < 4.78 is 6.22. The van der Waals surface area contributed by atoms with Crippen LogP contribution in [0.15, 0.2) is 40.9 Å². The smallest absolute Gasteiger partial charge is 0.171 e. The molecule has 0 unspecified atom stereocenters. The third-order valence-corrected chi connectivity index (χ3v) is 4.05. The van der Waals surface area contributed by atoms with E-state index in [1.54, 1.807) is 7.11 Å². The van der Waals surface area contributed by atoms with E-state index in [9.17, 15) is 0 Å². The van der Waals surface area contributed by atoms with E-state index in [4.69, 9.17) is 17.0 Å². The maximum atomic E-state index is 5.38. The zero-order valence-corrected chi connectivity index (χ0v) is 15.3. The minimum absolute atomic E-state index is 0.615. The topological polar surface area (TPSA) is 33.3 Å². The van der Waals surface area contributed by atoms with Crippen LogP contribution in [0.5, 0.6) is 5.75 Å². The molecular weight excluding hydrogens is 360 g/mol. The summed E-state index contributed by atoms with van der Waals surface area (Å²) in [7, 11) is 1.66. The Labute approximate surface area is 145 Å². The SMILES string of the molecule is COc1ccc(CNC(=S)Nc2c(C)cc(Br)cc2C)cc1. The van der Waals surface area contributed by atoms with E-state index < -0.39 is 0 Å². The molecular formula is C17H19BrN2OS. The van der Waals surface area contributed by atoms with Crippen molar-refractivity contribution in [2.75, 3.05) is 12.4 Å². The summed E-state index contributed by atoms with van der Waals surface area (Å²) in [5, 5.41) is 7.11. The standard InChI is InChI=1S/C17H19BrN2OS/c1-11-8-14(18)9-12(2)16(11)20-17(22)19-10-13-4-6-15(21-3)7-5-13/h4-9H,10H2,1-3H3,(H2,19,20,22). The molecule has 0 aliphatic heterocycles. The average molecular weight is 379 g/mol. The lowest BCUT2D eigenvalue weighted by molar-refractivity contribution is 0.414. The first-order valence-corrected chi connectivity index (χ1v) is 8.14. The Morgan fingerprint density at radius 2 is 1.73 bits per heavy atom. The fourth-order valence-electron chi connectivity index (χ4n) is 2.19. The lowest BCUT2D eigenvalue weighted by Crippen LogP contribution is -2.28. The van der Waals surface area contributed by atoms with Crippen LogP contribution >= 0.6 is 28.1 Å². The number of ether oxygens (including phenoxy) is 1. The van der Waals surface area contributed by atoms with E-state index in [1.165, 1.54) is 0 Å². The Kier molecular flexibility index (Phi) is 5.80. The van der Waals surface area contributed by atoms with Crippen molar-refractivity contribution in [3.05, 3.63) is 57.6 Å². The van der Waals surface area contributed by atoms with Crippen molar-refractivity contribution in [2.24, 2.45) is 0 Å². The molecule has 0 atom stereocenters. The third kappa shape index (κ3) is 4.45. The van der Waals surface area contributed by atoms with Gasteiger partial charge in [-0.2, -0.15) is 0 Å². The van der Waals surface area contributed by atoms with Crippen molar-refractivity contribution in [1.29, 1.82) is 0 Å². The minimum atomic E-state index is 0.615. The molecule has 0 bridgehead atoms. The lowest BCUT2D eigenvalue weighted by atomic mass is 10.1. The van der Waals surface area contributed by atoms with E-state index in [-0.39, 0.29) is 0 Å². The third-order valence-electron chi connectivity index (χ3n) is 3.35. The average Bonchev–Trinajstić information content (AvgIpc) is 2.49. The number of hydrogen-bond donors (Lipinski definition) is 2. The van der Waals surface area contributed by atoms with Crippen LogP contribution in [0, 0.1) is 13.8 Å². The molecule has 0 aliphatic rings. The molecule has 5 heteroatoms. The summed E-state index contributed by atoms with van der Waals surface area (Å²) in [5.74, 6) is 0.852. The van der Waals surface area contributed by atoms with Crippen molar-refractivity contribution in [2.45, 2.75) is 20.4 Å². The van der Waals surface area contributed by atoms with Crippen LogP contribution in [-0.4, -0.2) is 12.2 Å². The second-order valence-corrected chi connectivity index (χ2v) is 6.39. The highest BCUT2D eigenvalue weighted by Crippen LogP contribution is 2.25. The van der Waals surface area contributed by atoms with E-state index in [1.807, 2.05) is 24.3 Å². The van der Waals surface area contributed by atoms with Crippen molar-refractivity contribution in [3.8, 4) is 5.75 Å². The maximum absolute atomic E-state index is 5.38. The van der Waals surface area contributed by atoms with Crippen molar-refractivity contribution >= 4 is 38.9 Å². The van der Waals surface area contributed by atoms with Crippen molar-refractivity contribution in [3.63, 3.8) is 0 Å². The molecule has 2 aromatic rings. The zero-order valence-electron chi connectivity index (χ0n) is 12.9. The van der Waals surface area contributed by atoms with Gasteiger partial charge < -0.3 is 15.4 Å². The van der Waals surface area contributed by atoms with Crippen LogP contribution in [0.4, 0.5) is 5.69 Å². The molecule has 0 saturated heterocycles. The van der Waals surface area contributed by atoms with Gasteiger partial charge in [0.25, 0.3) is 0 Å².